The number of hydrogen-bond acceptors (Lipinski definition) is 6. The molecule has 0 aliphatic carbocycles. The molecule has 0 spiro atoms. The van der Waals surface area contributed by atoms with Crippen LogP contribution in [0.1, 0.15) is 245 Å². The number of nitrogens with zero attached hydrogens (tertiary/aromatic N) is 1. The molecular weight excluding hydrogens is 940 g/mol. The third-order valence-electron chi connectivity index (χ3n) is 12.8. The van der Waals surface area contributed by atoms with Gasteiger partial charge in [0.1, 0.15) is 19.3 Å². The number of nitrogens with one attached hydrogen (secondary N) is 1. The molecule has 0 saturated carbocycles. The Morgan fingerprint density at radius 3 is 1.32 bits per heavy atom. The maximum absolute atomic E-state index is 13.5. The van der Waals surface area contributed by atoms with Crippen molar-refractivity contribution in [2.45, 2.75) is 258 Å². The first-order valence-corrected chi connectivity index (χ1v) is 31.6. The SMILES string of the molecule is CC/C=C/C/C=C/C/C=C/CCCCCCCCC(=O)NC(COP(=O)(O)OCC[N+](C)(C)C)C(/C=C/CCCCCCCCCCC)OC(=O)CCCCCCC/C=C\C/C=C\C/C=C\C/C=C\CCCCC. The first-order valence-electron chi connectivity index (χ1n) is 30.1. The van der Waals surface area contributed by atoms with Gasteiger partial charge in [-0.25, -0.2) is 4.57 Å². The predicted octanol–water partition coefficient (Wildman–Crippen LogP) is 18.4. The van der Waals surface area contributed by atoms with E-state index in [-0.39, 0.29) is 31.5 Å². The van der Waals surface area contributed by atoms with Crippen LogP contribution in [0, 0.1) is 0 Å². The zero-order valence-electron chi connectivity index (χ0n) is 48.6. The molecule has 0 rings (SSSR count). The van der Waals surface area contributed by atoms with E-state index in [1.807, 2.05) is 33.3 Å². The summed E-state index contributed by atoms with van der Waals surface area (Å²) in [6.45, 7) is 6.83. The Morgan fingerprint density at radius 2 is 0.865 bits per heavy atom. The number of amides is 1. The molecule has 426 valence electrons. The number of carbonyl (C=O) groups is 2. The van der Waals surface area contributed by atoms with Gasteiger partial charge in [0, 0.05) is 12.8 Å². The molecule has 1 amide bonds. The number of unbranched alkanes of at least 4 members (excludes halogenated alkanes) is 23. The van der Waals surface area contributed by atoms with Gasteiger partial charge < -0.3 is 19.4 Å². The van der Waals surface area contributed by atoms with Gasteiger partial charge in [-0.3, -0.25) is 18.6 Å². The number of ether oxygens (including phenoxy) is 1. The molecule has 0 aromatic heterocycles. The van der Waals surface area contributed by atoms with E-state index >= 15 is 0 Å². The lowest BCUT2D eigenvalue weighted by atomic mass is 10.1. The number of allylic oxidation sites excluding steroid dienone is 15. The number of likely N-dealkylation sites (N-methyl/N-ethyl adjacent to an activating group) is 1. The fraction of sp³-hybridized carbons (Fsp3) is 0.719. The lowest BCUT2D eigenvalue weighted by Crippen LogP contribution is -2.47. The van der Waals surface area contributed by atoms with Crippen molar-refractivity contribution in [3.8, 4) is 0 Å². The van der Waals surface area contributed by atoms with Crippen LogP contribution in [0.25, 0.3) is 0 Å². The minimum atomic E-state index is -4.46. The Kier molecular flexibility index (Phi) is 51.1. The zero-order chi connectivity index (χ0) is 54.3. The molecule has 9 nitrogen and oxygen atoms in total. The maximum Gasteiger partial charge on any atom is 0.472 e. The van der Waals surface area contributed by atoms with Crippen molar-refractivity contribution in [2.75, 3.05) is 40.9 Å². The molecule has 0 aliphatic rings. The first kappa shape index (κ1) is 70.9. The number of hydrogen-bond donors (Lipinski definition) is 2. The lowest BCUT2D eigenvalue weighted by molar-refractivity contribution is -0.870. The molecule has 0 radical (unpaired) electrons. The number of carbonyl (C=O) groups excluding carboxylic acids is 2. The average molecular weight is 1050 g/mol. The van der Waals surface area contributed by atoms with Gasteiger partial charge in [-0.2, -0.15) is 0 Å². The summed E-state index contributed by atoms with van der Waals surface area (Å²) in [6.07, 6.45) is 71.1. The topological polar surface area (TPSA) is 111 Å². The summed E-state index contributed by atoms with van der Waals surface area (Å²) in [5.74, 6) is -0.547. The number of quaternary nitrogens is 1. The molecule has 0 heterocycles. The van der Waals surface area contributed by atoms with Crippen LogP contribution in [-0.4, -0.2) is 74.3 Å². The van der Waals surface area contributed by atoms with Crippen molar-refractivity contribution in [3.63, 3.8) is 0 Å². The molecule has 3 atom stereocenters. The van der Waals surface area contributed by atoms with Crippen molar-refractivity contribution < 1.29 is 37.3 Å². The van der Waals surface area contributed by atoms with Gasteiger partial charge >= 0.3 is 13.8 Å². The highest BCUT2D eigenvalue weighted by Crippen LogP contribution is 2.43. The van der Waals surface area contributed by atoms with E-state index in [9.17, 15) is 19.0 Å². The van der Waals surface area contributed by atoms with E-state index < -0.39 is 20.0 Å². The first-order chi connectivity index (χ1) is 35.9. The minimum absolute atomic E-state index is 0.0294. The molecular formula is C64H114N2O7P+. The number of phosphoric acid groups is 1. The second-order valence-electron chi connectivity index (χ2n) is 21.1. The summed E-state index contributed by atoms with van der Waals surface area (Å²) in [4.78, 5) is 37.6. The van der Waals surface area contributed by atoms with E-state index in [4.69, 9.17) is 13.8 Å². The van der Waals surface area contributed by atoms with Crippen molar-refractivity contribution in [1.82, 2.24) is 5.32 Å². The quantitative estimate of drug-likeness (QED) is 0.0205. The third kappa shape index (κ3) is 53.7. The Hall–Kier alpha value is -3.07. The van der Waals surface area contributed by atoms with Gasteiger partial charge in [-0.15, -0.1) is 0 Å². The number of esters is 1. The standard InChI is InChI=1S/C64H113N2O7P/c1-7-10-13-16-19-22-25-27-29-31-32-33-34-35-37-39-42-45-48-51-54-57-64(68)73-62(55-52-49-46-43-40-24-21-18-15-12-9-3)61(60-72-74(69,70)71-59-58-66(4,5)6)65-63(67)56-53-50-47-44-41-38-36-30-28-26-23-20-17-14-11-8-2/h11,14,19-20,22-23,27-30,32-33,35,37,52,55,61-62H,7-10,12-13,15-18,21,24-26,31,34,36,38-51,53-54,56-60H2,1-6H3,(H-,65,67,69,70)/p+1/b14-11+,22-19-,23-20+,29-27-,30-28+,33-32-,37-35-,55-52+. The summed E-state index contributed by atoms with van der Waals surface area (Å²) < 4.78 is 30.6. The summed E-state index contributed by atoms with van der Waals surface area (Å²) in [6, 6.07) is -0.868. The van der Waals surface area contributed by atoms with Crippen molar-refractivity contribution in [1.29, 1.82) is 0 Å². The number of rotatable bonds is 53. The molecule has 3 unspecified atom stereocenters. The fourth-order valence-electron chi connectivity index (χ4n) is 8.11. The van der Waals surface area contributed by atoms with E-state index in [1.165, 1.54) is 70.6 Å². The van der Waals surface area contributed by atoms with Gasteiger partial charge in [0.15, 0.2) is 0 Å². The van der Waals surface area contributed by atoms with Crippen LogP contribution in [-0.2, 0) is 27.9 Å². The van der Waals surface area contributed by atoms with Crippen LogP contribution in [0.4, 0.5) is 0 Å². The van der Waals surface area contributed by atoms with Crippen LogP contribution in [0.15, 0.2) is 97.2 Å². The third-order valence-corrected chi connectivity index (χ3v) is 13.7. The van der Waals surface area contributed by atoms with Crippen LogP contribution in [0.3, 0.4) is 0 Å². The molecule has 10 heteroatoms. The minimum Gasteiger partial charge on any atom is -0.456 e. The molecule has 0 saturated heterocycles. The maximum atomic E-state index is 13.5. The van der Waals surface area contributed by atoms with E-state index in [2.05, 4.69) is 111 Å². The van der Waals surface area contributed by atoms with Gasteiger partial charge in [-0.05, 0) is 109 Å². The second-order valence-corrected chi connectivity index (χ2v) is 22.6. The van der Waals surface area contributed by atoms with E-state index in [0.717, 1.165) is 135 Å². The molecule has 0 bridgehead atoms. The van der Waals surface area contributed by atoms with Gasteiger partial charge in [0.2, 0.25) is 5.91 Å². The summed E-state index contributed by atoms with van der Waals surface area (Å²) >= 11 is 0. The smallest absolute Gasteiger partial charge is 0.456 e. The van der Waals surface area contributed by atoms with Crippen molar-refractivity contribution in [3.05, 3.63) is 97.2 Å². The largest absolute Gasteiger partial charge is 0.472 e. The molecule has 0 fully saturated rings. The zero-order valence-corrected chi connectivity index (χ0v) is 49.4. The molecule has 74 heavy (non-hydrogen) atoms. The second kappa shape index (κ2) is 53.3. The Labute approximate surface area is 456 Å². The molecule has 0 aliphatic heterocycles. The average Bonchev–Trinajstić information content (AvgIpc) is 3.36. The molecule has 0 aromatic rings. The molecule has 0 aromatic carbocycles. The summed E-state index contributed by atoms with van der Waals surface area (Å²) in [5.41, 5.74) is 0. The fourth-order valence-corrected chi connectivity index (χ4v) is 8.85. The number of phosphoric ester groups is 1. The molecule has 2 N–H and O–H groups in total. The highest BCUT2D eigenvalue weighted by atomic mass is 31.2. The van der Waals surface area contributed by atoms with Crippen LogP contribution < -0.4 is 5.32 Å². The Morgan fingerprint density at radius 1 is 0.486 bits per heavy atom. The van der Waals surface area contributed by atoms with Crippen LogP contribution in [0.2, 0.25) is 0 Å². The van der Waals surface area contributed by atoms with Crippen molar-refractivity contribution >= 4 is 19.7 Å². The normalized spacial score (nSPS) is 14.4. The predicted molar refractivity (Wildman–Crippen MR) is 318 cm³/mol. The monoisotopic (exact) mass is 1050 g/mol. The lowest BCUT2D eigenvalue weighted by Gasteiger charge is -2.27. The summed E-state index contributed by atoms with van der Waals surface area (Å²) in [5, 5.41) is 3.04. The van der Waals surface area contributed by atoms with Crippen molar-refractivity contribution in [2.24, 2.45) is 0 Å². The Balaban J connectivity index is 5.31. The van der Waals surface area contributed by atoms with Gasteiger partial charge in [0.05, 0.1) is 33.8 Å². The van der Waals surface area contributed by atoms with E-state index in [1.54, 1.807) is 0 Å². The highest BCUT2D eigenvalue weighted by molar-refractivity contribution is 7.47. The summed E-state index contributed by atoms with van der Waals surface area (Å²) in [7, 11) is 1.46. The van der Waals surface area contributed by atoms with Gasteiger partial charge in [0.25, 0.3) is 0 Å². The van der Waals surface area contributed by atoms with Crippen LogP contribution >= 0.6 is 7.82 Å². The Bertz CT molecular complexity index is 1590. The van der Waals surface area contributed by atoms with Crippen LogP contribution in [0.5, 0.6) is 0 Å². The highest BCUT2D eigenvalue weighted by Gasteiger charge is 2.30. The van der Waals surface area contributed by atoms with E-state index in [0.29, 0.717) is 23.9 Å². The van der Waals surface area contributed by atoms with Gasteiger partial charge in [-0.1, -0.05) is 221 Å².